The number of aryl methyl sites for hydroxylation is 1. The van der Waals surface area contributed by atoms with Crippen molar-refractivity contribution in [1.82, 2.24) is 0 Å². The highest BCUT2D eigenvalue weighted by Gasteiger charge is 2.49. The van der Waals surface area contributed by atoms with E-state index < -0.39 is 0 Å². The maximum atomic E-state index is 2.64. The Morgan fingerprint density at radius 1 is 0.509 bits per heavy atom. The summed E-state index contributed by atoms with van der Waals surface area (Å²) in [6.07, 6.45) is 0. The van der Waals surface area contributed by atoms with Crippen molar-refractivity contribution in [2.45, 2.75) is 26.2 Å². The summed E-state index contributed by atoms with van der Waals surface area (Å²) < 4.78 is 0. The van der Waals surface area contributed by atoms with E-state index in [0.717, 1.165) is 0 Å². The van der Waals surface area contributed by atoms with Crippen molar-refractivity contribution >= 4 is 57.0 Å². The molecule has 8 aromatic carbocycles. The van der Waals surface area contributed by atoms with E-state index in [0.29, 0.717) is 0 Å². The van der Waals surface area contributed by atoms with E-state index >= 15 is 0 Å². The summed E-state index contributed by atoms with van der Waals surface area (Å²) in [5, 5.41) is 2.53. The van der Waals surface area contributed by atoms with Crippen molar-refractivity contribution in [2.24, 2.45) is 0 Å². The van der Waals surface area contributed by atoms with Crippen LogP contribution in [0.3, 0.4) is 0 Å². The molecule has 11 rings (SSSR count). The van der Waals surface area contributed by atoms with Gasteiger partial charge in [-0.05, 0) is 110 Å². The summed E-state index contributed by atoms with van der Waals surface area (Å²) >= 11 is 0. The molecule has 3 heterocycles. The molecule has 3 heteroatoms. The Labute approximate surface area is 311 Å². The standard InChI is InChI=1S/C50H37BN2/c1-32-14-7-9-18-38(32)36-30-40-47-39-19-10-8-17-35(39)26-29-45(47)53(37-27-24-34(25-28-37)33-15-5-4-6-16-33)51-43-22-13-21-42-49(43)52(46(31-36)48(40)51)44-23-12-11-20-41(44)50(42,2)3/h4-31H,1-3H3. The molecule has 53 heavy (non-hydrogen) atoms. The molecule has 0 saturated heterocycles. The highest BCUT2D eigenvalue weighted by Crippen LogP contribution is 2.55. The number of anilines is 5. The molecule has 3 aliphatic rings. The predicted molar refractivity (Wildman–Crippen MR) is 225 cm³/mol. The first-order valence-corrected chi connectivity index (χ1v) is 18.7. The molecular weight excluding hydrogens is 639 g/mol. The monoisotopic (exact) mass is 676 g/mol. The maximum Gasteiger partial charge on any atom is 0.333 e. The topological polar surface area (TPSA) is 6.48 Å². The van der Waals surface area contributed by atoms with Crippen LogP contribution < -0.4 is 20.6 Å². The second kappa shape index (κ2) is 11.1. The quantitative estimate of drug-likeness (QED) is 0.172. The molecule has 250 valence electrons. The molecule has 2 nitrogen and oxygen atoms in total. The molecule has 0 fully saturated rings. The summed E-state index contributed by atoms with van der Waals surface area (Å²) in [5.74, 6) is 0. The van der Waals surface area contributed by atoms with Gasteiger partial charge >= 0.3 is 6.85 Å². The van der Waals surface area contributed by atoms with Crippen molar-refractivity contribution in [1.29, 1.82) is 0 Å². The number of para-hydroxylation sites is 2. The fourth-order valence-corrected chi connectivity index (χ4v) is 9.66. The van der Waals surface area contributed by atoms with E-state index in [1.807, 2.05) is 0 Å². The zero-order chi connectivity index (χ0) is 35.4. The van der Waals surface area contributed by atoms with E-state index in [9.17, 15) is 0 Å². The molecule has 0 unspecified atom stereocenters. The van der Waals surface area contributed by atoms with Crippen molar-refractivity contribution < 1.29 is 0 Å². The molecule has 0 amide bonds. The van der Waals surface area contributed by atoms with E-state index in [1.54, 1.807) is 0 Å². The van der Waals surface area contributed by atoms with Gasteiger partial charge in [-0.2, -0.15) is 0 Å². The Hall–Kier alpha value is -6.32. The minimum absolute atomic E-state index is 0.0329. The fourth-order valence-electron chi connectivity index (χ4n) is 9.66. The molecule has 8 aromatic rings. The van der Waals surface area contributed by atoms with Crippen molar-refractivity contribution in [3.8, 4) is 33.4 Å². The summed E-state index contributed by atoms with van der Waals surface area (Å²) in [6.45, 7) is 6.99. The average Bonchev–Trinajstić information content (AvgIpc) is 3.20. The smallest absolute Gasteiger partial charge is 0.333 e. The van der Waals surface area contributed by atoms with Crippen LogP contribution in [0.15, 0.2) is 170 Å². The van der Waals surface area contributed by atoms with Gasteiger partial charge in [-0.1, -0.05) is 147 Å². The van der Waals surface area contributed by atoms with Crippen LogP contribution in [0.5, 0.6) is 0 Å². The lowest BCUT2D eigenvalue weighted by molar-refractivity contribution is 0.632. The molecule has 0 saturated carbocycles. The lowest BCUT2D eigenvalue weighted by atomic mass is 9.42. The zero-order valence-corrected chi connectivity index (χ0v) is 30.1. The van der Waals surface area contributed by atoms with Crippen LogP contribution >= 0.6 is 0 Å². The van der Waals surface area contributed by atoms with Crippen LogP contribution in [0.25, 0.3) is 44.2 Å². The Morgan fingerprint density at radius 2 is 1.23 bits per heavy atom. The molecule has 0 N–H and O–H groups in total. The molecular formula is C50H37BN2. The highest BCUT2D eigenvalue weighted by atomic mass is 15.2. The van der Waals surface area contributed by atoms with Gasteiger partial charge < -0.3 is 9.71 Å². The normalized spacial score (nSPS) is 14.4. The number of hydrogen-bond acceptors (Lipinski definition) is 2. The van der Waals surface area contributed by atoms with Crippen LogP contribution in [-0.2, 0) is 5.41 Å². The van der Waals surface area contributed by atoms with Gasteiger partial charge in [0.25, 0.3) is 0 Å². The molecule has 0 atom stereocenters. The first-order chi connectivity index (χ1) is 26.0. The van der Waals surface area contributed by atoms with Gasteiger partial charge in [-0.15, -0.1) is 0 Å². The zero-order valence-electron chi connectivity index (χ0n) is 30.1. The van der Waals surface area contributed by atoms with Gasteiger partial charge in [0.1, 0.15) is 0 Å². The summed E-state index contributed by atoms with van der Waals surface area (Å²) in [6, 6.07) is 63.4. The van der Waals surface area contributed by atoms with Crippen molar-refractivity contribution in [3.63, 3.8) is 0 Å². The van der Waals surface area contributed by atoms with Crippen molar-refractivity contribution in [3.05, 3.63) is 187 Å². The Balaban J connectivity index is 1.28. The first-order valence-electron chi connectivity index (χ1n) is 18.7. The highest BCUT2D eigenvalue weighted by molar-refractivity contribution is 6.93. The van der Waals surface area contributed by atoms with E-state index in [4.69, 9.17) is 0 Å². The molecule has 3 aliphatic heterocycles. The van der Waals surface area contributed by atoms with E-state index in [1.165, 1.54) is 100 Å². The number of nitrogens with zero attached hydrogens (tertiary/aromatic N) is 2. The fraction of sp³-hybridized carbons (Fsp3) is 0.0800. The lowest BCUT2D eigenvalue weighted by Gasteiger charge is -2.50. The maximum absolute atomic E-state index is 2.64. The van der Waals surface area contributed by atoms with E-state index in [2.05, 4.69) is 200 Å². The molecule has 0 spiro atoms. The first kappa shape index (κ1) is 30.3. The minimum atomic E-state index is -0.169. The second-order valence-electron chi connectivity index (χ2n) is 15.4. The number of benzene rings is 8. The third-order valence-electron chi connectivity index (χ3n) is 12.2. The average molecular weight is 677 g/mol. The molecule has 0 bridgehead atoms. The lowest BCUT2D eigenvalue weighted by Crippen LogP contribution is -2.62. The van der Waals surface area contributed by atoms with Gasteiger partial charge in [0.2, 0.25) is 0 Å². The molecule has 0 aromatic heterocycles. The predicted octanol–water partition coefficient (Wildman–Crippen LogP) is 11.8. The second-order valence-corrected chi connectivity index (χ2v) is 15.4. The SMILES string of the molecule is Cc1ccccc1-c1cc2c3c(c1)N1c4ccccc4C(C)(C)c4cccc(c41)B3N(c1ccc(-c3ccccc3)cc1)c1ccc3ccccc3c1-2. The summed E-state index contributed by atoms with van der Waals surface area (Å²) in [4.78, 5) is 5.24. The number of hydrogen-bond donors (Lipinski definition) is 0. The Morgan fingerprint density at radius 3 is 2.08 bits per heavy atom. The minimum Gasteiger partial charge on any atom is -0.376 e. The van der Waals surface area contributed by atoms with Gasteiger partial charge in [-0.3, -0.25) is 0 Å². The number of rotatable bonds is 3. The van der Waals surface area contributed by atoms with Gasteiger partial charge in [-0.25, -0.2) is 0 Å². The third kappa shape index (κ3) is 4.22. The van der Waals surface area contributed by atoms with E-state index in [-0.39, 0.29) is 12.3 Å². The largest absolute Gasteiger partial charge is 0.376 e. The Kier molecular flexibility index (Phi) is 6.35. The number of fused-ring (bicyclic) bond motifs is 8. The summed E-state index contributed by atoms with van der Waals surface area (Å²) in [7, 11) is 0. The third-order valence-corrected chi connectivity index (χ3v) is 12.2. The van der Waals surface area contributed by atoms with Crippen LogP contribution in [0, 0.1) is 6.92 Å². The van der Waals surface area contributed by atoms with Crippen molar-refractivity contribution in [2.75, 3.05) is 9.71 Å². The van der Waals surface area contributed by atoms with Gasteiger partial charge in [0.05, 0.1) is 5.69 Å². The van der Waals surface area contributed by atoms with Crippen LogP contribution in [0.1, 0.15) is 30.5 Å². The van der Waals surface area contributed by atoms with Crippen LogP contribution in [0.4, 0.5) is 28.4 Å². The van der Waals surface area contributed by atoms with Gasteiger partial charge in [0, 0.05) is 33.7 Å². The Bertz CT molecular complexity index is 2780. The molecule has 0 radical (unpaired) electrons. The molecule has 0 aliphatic carbocycles. The van der Waals surface area contributed by atoms with Crippen LogP contribution in [0.2, 0.25) is 0 Å². The van der Waals surface area contributed by atoms with Crippen LogP contribution in [-0.4, -0.2) is 6.85 Å². The van der Waals surface area contributed by atoms with Gasteiger partial charge in [0.15, 0.2) is 0 Å². The summed E-state index contributed by atoms with van der Waals surface area (Å²) in [5.41, 5.74) is 20.4.